The van der Waals surface area contributed by atoms with Crippen LogP contribution in [0, 0.1) is 0 Å². The van der Waals surface area contributed by atoms with Crippen molar-refractivity contribution >= 4 is 23.6 Å². The highest BCUT2D eigenvalue weighted by Crippen LogP contribution is 2.34. The van der Waals surface area contributed by atoms with Crippen molar-refractivity contribution in [3.05, 3.63) is 41.0 Å². The van der Waals surface area contributed by atoms with Crippen LogP contribution in [0.25, 0.3) is 0 Å². The van der Waals surface area contributed by atoms with E-state index in [1.54, 1.807) is 26.4 Å². The molecule has 2 aromatic rings. The molecule has 0 aliphatic heterocycles. The quantitative estimate of drug-likeness (QED) is 0.402. The number of benzene rings is 1. The van der Waals surface area contributed by atoms with Gasteiger partial charge in [0.2, 0.25) is 5.95 Å². The molecule has 9 heteroatoms. The Morgan fingerprint density at radius 2 is 1.55 bits per heavy atom. The molecule has 0 saturated heterocycles. The molecule has 0 spiro atoms. The Bertz CT molecular complexity index is 853. The van der Waals surface area contributed by atoms with Gasteiger partial charge in [0, 0.05) is 25.7 Å². The van der Waals surface area contributed by atoms with E-state index in [0.29, 0.717) is 17.5 Å². The minimum absolute atomic E-state index is 0.0222. The molecule has 170 valence electrons. The first-order valence-electron chi connectivity index (χ1n) is 10.1. The van der Waals surface area contributed by atoms with Crippen molar-refractivity contribution in [2.45, 2.75) is 57.8 Å². The SMILES string of the molecule is COC(OC)C(CCCc1ccc(C(=O)OC(C)(C)C)cc1)c1c(N)nc(N)nc1N. The lowest BCUT2D eigenvalue weighted by Gasteiger charge is -2.26. The van der Waals surface area contributed by atoms with Crippen LogP contribution in [0.1, 0.15) is 61.0 Å². The smallest absolute Gasteiger partial charge is 0.338 e. The number of anilines is 3. The second-order valence-corrected chi connectivity index (χ2v) is 8.30. The summed E-state index contributed by atoms with van der Waals surface area (Å²) in [6.45, 7) is 5.53. The Kier molecular flexibility index (Phi) is 8.18. The number of nitrogens with two attached hydrogens (primary N) is 3. The highest BCUT2D eigenvalue weighted by atomic mass is 16.7. The Hall–Kier alpha value is -2.91. The van der Waals surface area contributed by atoms with Crippen LogP contribution in [0.2, 0.25) is 0 Å². The number of rotatable bonds is 9. The average Bonchev–Trinajstić information content (AvgIpc) is 2.67. The molecule has 0 fully saturated rings. The van der Waals surface area contributed by atoms with Crippen molar-refractivity contribution in [1.29, 1.82) is 0 Å². The number of hydrogen-bond acceptors (Lipinski definition) is 9. The van der Waals surface area contributed by atoms with Crippen LogP contribution in [0.4, 0.5) is 17.6 Å². The van der Waals surface area contributed by atoms with Gasteiger partial charge in [-0.1, -0.05) is 12.1 Å². The summed E-state index contributed by atoms with van der Waals surface area (Å²) in [5.74, 6) is -0.145. The summed E-state index contributed by atoms with van der Waals surface area (Å²) in [6, 6.07) is 7.40. The van der Waals surface area contributed by atoms with E-state index < -0.39 is 11.9 Å². The summed E-state index contributed by atoms with van der Waals surface area (Å²) >= 11 is 0. The monoisotopic (exact) mass is 431 g/mol. The minimum atomic E-state index is -0.564. The van der Waals surface area contributed by atoms with E-state index in [9.17, 15) is 4.79 Å². The molecule has 0 radical (unpaired) electrons. The lowest BCUT2D eigenvalue weighted by atomic mass is 9.92. The maximum atomic E-state index is 12.2. The normalized spacial score (nSPS) is 12.7. The number of hydrogen-bond donors (Lipinski definition) is 3. The zero-order chi connectivity index (χ0) is 23.2. The average molecular weight is 432 g/mol. The number of nitrogens with zero attached hydrogens (tertiary/aromatic N) is 2. The number of aryl methyl sites for hydroxylation is 1. The van der Waals surface area contributed by atoms with Crippen molar-refractivity contribution in [2.24, 2.45) is 0 Å². The number of esters is 1. The third-order valence-electron chi connectivity index (χ3n) is 4.75. The lowest BCUT2D eigenvalue weighted by molar-refractivity contribution is -0.119. The molecule has 6 N–H and O–H groups in total. The molecule has 0 amide bonds. The van der Waals surface area contributed by atoms with E-state index in [1.165, 1.54) is 0 Å². The van der Waals surface area contributed by atoms with Crippen LogP contribution >= 0.6 is 0 Å². The molecule has 1 heterocycles. The van der Waals surface area contributed by atoms with Gasteiger partial charge in [0.05, 0.1) is 5.56 Å². The first kappa shape index (κ1) is 24.4. The molecule has 9 nitrogen and oxygen atoms in total. The Balaban J connectivity index is 2.09. The predicted molar refractivity (Wildman–Crippen MR) is 120 cm³/mol. The fourth-order valence-corrected chi connectivity index (χ4v) is 3.42. The molecule has 31 heavy (non-hydrogen) atoms. The Morgan fingerprint density at radius 3 is 2.03 bits per heavy atom. The van der Waals surface area contributed by atoms with Gasteiger partial charge < -0.3 is 31.4 Å². The van der Waals surface area contributed by atoms with Crippen LogP contribution in [0.3, 0.4) is 0 Å². The summed E-state index contributed by atoms with van der Waals surface area (Å²) < 4.78 is 16.3. The maximum absolute atomic E-state index is 12.2. The minimum Gasteiger partial charge on any atom is -0.456 e. The second kappa shape index (κ2) is 10.4. The zero-order valence-corrected chi connectivity index (χ0v) is 18.8. The number of methoxy groups -OCH3 is 2. The number of ether oxygens (including phenoxy) is 3. The maximum Gasteiger partial charge on any atom is 0.338 e. The number of carbonyl (C=O) groups is 1. The van der Waals surface area contributed by atoms with Crippen LogP contribution < -0.4 is 17.2 Å². The number of carbonyl (C=O) groups excluding carboxylic acids is 1. The first-order chi connectivity index (χ1) is 14.6. The summed E-state index contributed by atoms with van der Waals surface area (Å²) in [5.41, 5.74) is 19.4. The highest BCUT2D eigenvalue weighted by Gasteiger charge is 2.28. The predicted octanol–water partition coefficient (Wildman–Crippen LogP) is 2.90. The summed E-state index contributed by atoms with van der Waals surface area (Å²) in [5, 5.41) is 0. The van der Waals surface area contributed by atoms with E-state index in [0.717, 1.165) is 18.4 Å². The Labute approximate surface area is 183 Å². The third kappa shape index (κ3) is 6.80. The molecule has 2 rings (SSSR count). The summed E-state index contributed by atoms with van der Waals surface area (Å²) in [6.07, 6.45) is 1.68. The molecule has 1 aromatic carbocycles. The summed E-state index contributed by atoms with van der Waals surface area (Å²) in [7, 11) is 3.11. The molecule has 1 unspecified atom stereocenters. The van der Waals surface area contributed by atoms with Crippen molar-refractivity contribution in [3.63, 3.8) is 0 Å². The molecule has 0 saturated carbocycles. The topological polar surface area (TPSA) is 149 Å². The molecule has 0 bridgehead atoms. The molecule has 1 atom stereocenters. The van der Waals surface area contributed by atoms with E-state index in [-0.39, 0.29) is 29.5 Å². The molecular weight excluding hydrogens is 398 g/mol. The standard InChI is InChI=1S/C22H33N5O4/c1-22(2,3)31-19(28)14-11-9-13(10-12-14)7-6-8-15(20(29-4)30-5)16-17(23)26-21(25)27-18(16)24/h9-12,15,20H,6-8H2,1-5H3,(H6,23,24,25,26,27). The zero-order valence-electron chi connectivity index (χ0n) is 18.8. The van der Waals surface area contributed by atoms with E-state index in [2.05, 4.69) is 9.97 Å². The van der Waals surface area contributed by atoms with Gasteiger partial charge in [0.1, 0.15) is 17.2 Å². The highest BCUT2D eigenvalue weighted by molar-refractivity contribution is 5.89. The van der Waals surface area contributed by atoms with Gasteiger partial charge in [-0.25, -0.2) is 4.79 Å². The van der Waals surface area contributed by atoms with Gasteiger partial charge in [-0.15, -0.1) is 0 Å². The largest absolute Gasteiger partial charge is 0.456 e. The van der Waals surface area contributed by atoms with Crippen LogP contribution in [-0.4, -0.2) is 42.0 Å². The molecule has 0 aliphatic carbocycles. The van der Waals surface area contributed by atoms with Crippen LogP contribution in [0.5, 0.6) is 0 Å². The van der Waals surface area contributed by atoms with Crippen molar-refractivity contribution < 1.29 is 19.0 Å². The van der Waals surface area contributed by atoms with Gasteiger partial charge in [0.25, 0.3) is 0 Å². The van der Waals surface area contributed by atoms with E-state index in [1.807, 2.05) is 32.9 Å². The van der Waals surface area contributed by atoms with Crippen molar-refractivity contribution in [2.75, 3.05) is 31.4 Å². The number of aromatic nitrogens is 2. The molecule has 1 aromatic heterocycles. The molecular formula is C22H33N5O4. The summed E-state index contributed by atoms with van der Waals surface area (Å²) in [4.78, 5) is 20.2. The van der Waals surface area contributed by atoms with Gasteiger partial charge in [-0.05, 0) is 57.7 Å². The van der Waals surface area contributed by atoms with Gasteiger partial charge in [-0.3, -0.25) is 0 Å². The van der Waals surface area contributed by atoms with Crippen LogP contribution in [-0.2, 0) is 20.6 Å². The third-order valence-corrected chi connectivity index (χ3v) is 4.75. The van der Waals surface area contributed by atoms with Crippen molar-refractivity contribution in [3.8, 4) is 0 Å². The van der Waals surface area contributed by atoms with E-state index >= 15 is 0 Å². The van der Waals surface area contributed by atoms with Crippen LogP contribution in [0.15, 0.2) is 24.3 Å². The number of nitrogen functional groups attached to an aromatic ring is 3. The molecule has 0 aliphatic rings. The Morgan fingerprint density at radius 1 is 1.00 bits per heavy atom. The first-order valence-corrected chi connectivity index (χ1v) is 10.1. The second-order valence-electron chi connectivity index (χ2n) is 8.30. The van der Waals surface area contributed by atoms with E-state index in [4.69, 9.17) is 31.4 Å². The fourth-order valence-electron chi connectivity index (χ4n) is 3.42. The lowest BCUT2D eigenvalue weighted by Crippen LogP contribution is -2.26. The fraction of sp³-hybridized carbons (Fsp3) is 0.500. The van der Waals surface area contributed by atoms with Gasteiger partial charge >= 0.3 is 5.97 Å². The van der Waals surface area contributed by atoms with Crippen molar-refractivity contribution in [1.82, 2.24) is 9.97 Å². The van der Waals surface area contributed by atoms with Gasteiger partial charge in [-0.2, -0.15) is 9.97 Å². The van der Waals surface area contributed by atoms with Gasteiger partial charge in [0.15, 0.2) is 6.29 Å².